The molecule has 0 aliphatic rings. The molecule has 1 heterocycles. The quantitative estimate of drug-likeness (QED) is 0.315. The third kappa shape index (κ3) is 5.60. The van der Waals surface area contributed by atoms with E-state index in [1.807, 2.05) is 18.2 Å². The maximum Gasteiger partial charge on any atom is 0.251 e. The molecule has 0 aliphatic heterocycles. The zero-order chi connectivity index (χ0) is 24.1. The highest BCUT2D eigenvalue weighted by molar-refractivity contribution is 6.30. The first-order valence-electron chi connectivity index (χ1n) is 11.6. The van der Waals surface area contributed by atoms with Crippen LogP contribution in [-0.4, -0.2) is 28.6 Å². The van der Waals surface area contributed by atoms with Crippen LogP contribution in [-0.2, 0) is 13.0 Å². The molecule has 0 unspecified atom stereocenters. The summed E-state index contributed by atoms with van der Waals surface area (Å²) in [7, 11) is 0. The van der Waals surface area contributed by atoms with Crippen LogP contribution in [0.2, 0.25) is 5.02 Å². The third-order valence-electron chi connectivity index (χ3n) is 5.84. The van der Waals surface area contributed by atoms with Gasteiger partial charge < -0.3 is 14.6 Å². The monoisotopic (exact) mass is 475 g/mol. The van der Waals surface area contributed by atoms with E-state index in [-0.39, 0.29) is 5.91 Å². The standard InChI is InChI=1S/C28H30ClN3O2/c1-19(2)23-13-8-20(3)18-26(23)34-17-16-32-25-7-5-4-6-24(25)31-27(32)14-15-30-28(33)21-9-11-22(29)12-10-21/h4-13,18-19H,14-17H2,1-3H3,(H,30,33). The van der Waals surface area contributed by atoms with Gasteiger partial charge in [-0.2, -0.15) is 0 Å². The Hall–Kier alpha value is -3.31. The van der Waals surface area contributed by atoms with Crippen LogP contribution < -0.4 is 10.1 Å². The summed E-state index contributed by atoms with van der Waals surface area (Å²) < 4.78 is 8.43. The van der Waals surface area contributed by atoms with E-state index < -0.39 is 0 Å². The van der Waals surface area contributed by atoms with Crippen molar-refractivity contribution in [2.24, 2.45) is 0 Å². The van der Waals surface area contributed by atoms with Crippen LogP contribution in [0.3, 0.4) is 0 Å². The number of aryl methyl sites for hydroxylation is 1. The molecule has 1 amide bonds. The molecule has 4 rings (SSSR count). The molecule has 34 heavy (non-hydrogen) atoms. The number of ether oxygens (including phenoxy) is 1. The minimum atomic E-state index is -0.122. The number of aromatic nitrogens is 2. The highest BCUT2D eigenvalue weighted by Gasteiger charge is 2.13. The van der Waals surface area contributed by atoms with Gasteiger partial charge in [0.15, 0.2) is 0 Å². The topological polar surface area (TPSA) is 56.1 Å². The Bertz CT molecular complexity index is 1280. The second-order valence-electron chi connectivity index (χ2n) is 8.73. The van der Waals surface area contributed by atoms with Gasteiger partial charge in [-0.15, -0.1) is 0 Å². The Kier molecular flexibility index (Phi) is 7.53. The van der Waals surface area contributed by atoms with Crippen molar-refractivity contribution in [2.45, 2.75) is 39.7 Å². The van der Waals surface area contributed by atoms with E-state index in [2.05, 4.69) is 54.9 Å². The van der Waals surface area contributed by atoms with Crippen LogP contribution in [0.5, 0.6) is 5.75 Å². The van der Waals surface area contributed by atoms with Crippen LogP contribution in [0.15, 0.2) is 66.7 Å². The number of carbonyl (C=O) groups is 1. The average Bonchev–Trinajstić information content (AvgIpc) is 3.17. The van der Waals surface area contributed by atoms with E-state index in [0.29, 0.717) is 42.6 Å². The second-order valence-corrected chi connectivity index (χ2v) is 9.16. The Morgan fingerprint density at radius 1 is 1.09 bits per heavy atom. The summed E-state index contributed by atoms with van der Waals surface area (Å²) in [6.07, 6.45) is 0.621. The van der Waals surface area contributed by atoms with Gasteiger partial charge in [0.2, 0.25) is 0 Å². The number of hydrogen-bond donors (Lipinski definition) is 1. The lowest BCUT2D eigenvalue weighted by molar-refractivity contribution is 0.0954. The Morgan fingerprint density at radius 2 is 1.85 bits per heavy atom. The minimum absolute atomic E-state index is 0.122. The summed E-state index contributed by atoms with van der Waals surface area (Å²) in [6.45, 7) is 8.13. The van der Waals surface area contributed by atoms with Gasteiger partial charge in [-0.25, -0.2) is 4.98 Å². The molecule has 0 spiro atoms. The van der Waals surface area contributed by atoms with Gasteiger partial charge in [0, 0.05) is 23.6 Å². The molecule has 0 saturated heterocycles. The number of fused-ring (bicyclic) bond motifs is 1. The maximum absolute atomic E-state index is 12.4. The number of hydrogen-bond acceptors (Lipinski definition) is 3. The van der Waals surface area contributed by atoms with Crippen molar-refractivity contribution >= 4 is 28.5 Å². The van der Waals surface area contributed by atoms with Gasteiger partial charge in [0.05, 0.1) is 17.6 Å². The van der Waals surface area contributed by atoms with Crippen LogP contribution in [0.4, 0.5) is 0 Å². The van der Waals surface area contributed by atoms with Crippen LogP contribution in [0.1, 0.15) is 47.1 Å². The largest absolute Gasteiger partial charge is 0.491 e. The van der Waals surface area contributed by atoms with Crippen molar-refractivity contribution in [2.75, 3.05) is 13.2 Å². The Balaban J connectivity index is 1.45. The number of carbonyl (C=O) groups excluding carboxylic acids is 1. The van der Waals surface area contributed by atoms with Gasteiger partial charge in [-0.3, -0.25) is 4.79 Å². The molecule has 0 aliphatic carbocycles. The summed E-state index contributed by atoms with van der Waals surface area (Å²) in [5.74, 6) is 2.14. The number of amides is 1. The molecule has 5 nitrogen and oxygen atoms in total. The highest BCUT2D eigenvalue weighted by atomic mass is 35.5. The SMILES string of the molecule is Cc1ccc(C(C)C)c(OCCn2c(CCNC(=O)c3ccc(Cl)cc3)nc3ccccc32)c1. The van der Waals surface area contributed by atoms with E-state index in [1.165, 1.54) is 11.1 Å². The van der Waals surface area contributed by atoms with Crippen molar-refractivity contribution in [1.29, 1.82) is 0 Å². The molecule has 1 aromatic heterocycles. The van der Waals surface area contributed by atoms with Crippen LogP contribution in [0, 0.1) is 6.92 Å². The first-order valence-corrected chi connectivity index (χ1v) is 12.0. The fourth-order valence-electron chi connectivity index (χ4n) is 4.05. The molecule has 0 saturated carbocycles. The fraction of sp³-hybridized carbons (Fsp3) is 0.286. The molecule has 4 aromatic rings. The van der Waals surface area contributed by atoms with Crippen molar-refractivity contribution in [3.63, 3.8) is 0 Å². The number of benzene rings is 3. The predicted octanol–water partition coefficient (Wildman–Crippen LogP) is 6.17. The fourth-order valence-corrected chi connectivity index (χ4v) is 4.17. The summed E-state index contributed by atoms with van der Waals surface area (Å²) in [6, 6.07) is 21.4. The molecular formula is C28H30ClN3O2. The summed E-state index contributed by atoms with van der Waals surface area (Å²) in [5, 5.41) is 3.59. The smallest absolute Gasteiger partial charge is 0.251 e. The average molecular weight is 476 g/mol. The summed E-state index contributed by atoms with van der Waals surface area (Å²) in [5.41, 5.74) is 5.00. The zero-order valence-corrected chi connectivity index (χ0v) is 20.6. The third-order valence-corrected chi connectivity index (χ3v) is 6.09. The van der Waals surface area contributed by atoms with E-state index in [1.54, 1.807) is 24.3 Å². The molecule has 0 bridgehead atoms. The van der Waals surface area contributed by atoms with Crippen LogP contribution >= 0.6 is 11.6 Å². The number of nitrogens with one attached hydrogen (secondary N) is 1. The van der Waals surface area contributed by atoms with E-state index in [0.717, 1.165) is 22.6 Å². The molecule has 0 atom stereocenters. The molecule has 1 N–H and O–H groups in total. The number of rotatable bonds is 9. The van der Waals surface area contributed by atoms with Crippen LogP contribution in [0.25, 0.3) is 11.0 Å². The Labute approximate surface area is 205 Å². The molecule has 3 aromatic carbocycles. The lowest BCUT2D eigenvalue weighted by Crippen LogP contribution is -2.26. The first-order chi connectivity index (χ1) is 16.4. The normalized spacial score (nSPS) is 11.2. The highest BCUT2D eigenvalue weighted by Crippen LogP contribution is 2.27. The first kappa shape index (κ1) is 23.8. The number of para-hydroxylation sites is 2. The zero-order valence-electron chi connectivity index (χ0n) is 19.8. The van der Waals surface area contributed by atoms with Gasteiger partial charge in [-0.05, 0) is 66.4 Å². The second kappa shape index (κ2) is 10.7. The van der Waals surface area contributed by atoms with Crippen molar-refractivity contribution < 1.29 is 9.53 Å². The van der Waals surface area contributed by atoms with Gasteiger partial charge in [-0.1, -0.05) is 49.7 Å². The van der Waals surface area contributed by atoms with E-state index in [4.69, 9.17) is 21.3 Å². The van der Waals surface area contributed by atoms with E-state index >= 15 is 0 Å². The molecule has 0 fully saturated rings. The van der Waals surface area contributed by atoms with Gasteiger partial charge in [0.25, 0.3) is 5.91 Å². The van der Waals surface area contributed by atoms with Crippen molar-refractivity contribution in [3.8, 4) is 5.75 Å². The van der Waals surface area contributed by atoms with Crippen molar-refractivity contribution in [1.82, 2.24) is 14.9 Å². The minimum Gasteiger partial charge on any atom is -0.491 e. The molecule has 6 heteroatoms. The molecular weight excluding hydrogens is 446 g/mol. The number of halogens is 1. The molecule has 176 valence electrons. The Morgan fingerprint density at radius 3 is 2.62 bits per heavy atom. The maximum atomic E-state index is 12.4. The van der Waals surface area contributed by atoms with Gasteiger partial charge in [0.1, 0.15) is 18.2 Å². The van der Waals surface area contributed by atoms with Gasteiger partial charge >= 0.3 is 0 Å². The number of nitrogens with zero attached hydrogens (tertiary/aromatic N) is 2. The lowest BCUT2D eigenvalue weighted by Gasteiger charge is -2.16. The van der Waals surface area contributed by atoms with Crippen molar-refractivity contribution in [3.05, 3.63) is 94.3 Å². The number of imidazole rings is 1. The lowest BCUT2D eigenvalue weighted by atomic mass is 10.0. The molecule has 0 radical (unpaired) electrons. The summed E-state index contributed by atoms with van der Waals surface area (Å²) in [4.78, 5) is 17.3. The predicted molar refractivity (Wildman–Crippen MR) is 138 cm³/mol. The summed E-state index contributed by atoms with van der Waals surface area (Å²) >= 11 is 5.92. The van der Waals surface area contributed by atoms with E-state index in [9.17, 15) is 4.79 Å².